The third-order valence-corrected chi connectivity index (χ3v) is 4.78. The number of piperazine rings is 1. The molecule has 3 rings (SSSR count). The van der Waals surface area contributed by atoms with Gasteiger partial charge in [-0.2, -0.15) is 4.98 Å². The Morgan fingerprint density at radius 1 is 1.22 bits per heavy atom. The van der Waals surface area contributed by atoms with Crippen LogP contribution in [0.1, 0.15) is 26.2 Å². The van der Waals surface area contributed by atoms with Gasteiger partial charge in [0.2, 0.25) is 17.6 Å². The van der Waals surface area contributed by atoms with Crippen molar-refractivity contribution in [2.24, 2.45) is 0 Å². The molecule has 2 heterocycles. The van der Waals surface area contributed by atoms with Crippen molar-refractivity contribution in [2.45, 2.75) is 32.9 Å². The lowest BCUT2D eigenvalue weighted by Gasteiger charge is -2.33. The predicted molar refractivity (Wildman–Crippen MR) is 99.3 cm³/mol. The standard InChI is InChI=1S/C19H26FN5O2/c1-3-14(2)21-17(26)12-24-8-10-25(11-9-24)13-18-22-19(23-27-18)15-4-6-16(20)7-5-15/h4-7,14H,3,8-13H2,1-2H3,(H,21,26). The van der Waals surface area contributed by atoms with Crippen molar-refractivity contribution in [3.05, 3.63) is 36.0 Å². The SMILES string of the molecule is CCC(C)NC(=O)CN1CCN(Cc2nc(-c3ccc(F)cc3)no2)CC1. The first kappa shape index (κ1) is 19.4. The normalized spacial score (nSPS) is 17.0. The summed E-state index contributed by atoms with van der Waals surface area (Å²) in [7, 11) is 0. The van der Waals surface area contributed by atoms with E-state index in [1.165, 1.54) is 12.1 Å². The molecule has 1 atom stereocenters. The molecule has 2 aromatic rings. The van der Waals surface area contributed by atoms with Gasteiger partial charge in [0.15, 0.2) is 0 Å². The number of halogens is 1. The van der Waals surface area contributed by atoms with Crippen molar-refractivity contribution < 1.29 is 13.7 Å². The Morgan fingerprint density at radius 3 is 2.56 bits per heavy atom. The predicted octanol–water partition coefficient (Wildman–Crippen LogP) is 1.91. The number of rotatable bonds is 7. The number of amides is 1. The topological polar surface area (TPSA) is 74.5 Å². The quantitative estimate of drug-likeness (QED) is 0.797. The van der Waals surface area contributed by atoms with Crippen LogP contribution in [0.15, 0.2) is 28.8 Å². The van der Waals surface area contributed by atoms with E-state index in [2.05, 4.69) is 32.2 Å². The molecule has 1 N–H and O–H groups in total. The van der Waals surface area contributed by atoms with E-state index in [1.807, 2.05) is 6.92 Å². The first-order valence-corrected chi connectivity index (χ1v) is 9.36. The second-order valence-electron chi connectivity index (χ2n) is 6.95. The van der Waals surface area contributed by atoms with Crippen LogP contribution < -0.4 is 5.32 Å². The molecule has 7 nitrogen and oxygen atoms in total. The maximum Gasteiger partial charge on any atom is 0.241 e. The average molecular weight is 375 g/mol. The van der Waals surface area contributed by atoms with E-state index < -0.39 is 0 Å². The Hall–Kier alpha value is -2.32. The van der Waals surface area contributed by atoms with E-state index >= 15 is 0 Å². The summed E-state index contributed by atoms with van der Waals surface area (Å²) < 4.78 is 18.3. The smallest absolute Gasteiger partial charge is 0.241 e. The zero-order chi connectivity index (χ0) is 19.2. The molecule has 0 saturated carbocycles. The minimum Gasteiger partial charge on any atom is -0.353 e. The van der Waals surface area contributed by atoms with Crippen LogP contribution in [-0.2, 0) is 11.3 Å². The molecule has 0 bridgehead atoms. The van der Waals surface area contributed by atoms with Gasteiger partial charge in [-0.1, -0.05) is 12.1 Å². The van der Waals surface area contributed by atoms with Gasteiger partial charge in [0.1, 0.15) is 5.82 Å². The summed E-state index contributed by atoms with van der Waals surface area (Å²) in [6.45, 7) is 8.41. The van der Waals surface area contributed by atoms with Gasteiger partial charge < -0.3 is 9.84 Å². The van der Waals surface area contributed by atoms with Crippen molar-refractivity contribution in [3.8, 4) is 11.4 Å². The summed E-state index contributed by atoms with van der Waals surface area (Å²) in [4.78, 5) is 20.8. The summed E-state index contributed by atoms with van der Waals surface area (Å²) in [5, 5.41) is 6.97. The van der Waals surface area contributed by atoms with Gasteiger partial charge in [-0.25, -0.2) is 4.39 Å². The van der Waals surface area contributed by atoms with Gasteiger partial charge in [-0.3, -0.25) is 14.6 Å². The third kappa shape index (κ3) is 5.58. The fourth-order valence-corrected chi connectivity index (χ4v) is 2.96. The monoisotopic (exact) mass is 375 g/mol. The zero-order valence-corrected chi connectivity index (χ0v) is 15.8. The molecule has 0 spiro atoms. The van der Waals surface area contributed by atoms with Crippen molar-refractivity contribution in [2.75, 3.05) is 32.7 Å². The Kier molecular flexibility index (Phi) is 6.52. The molecule has 1 aliphatic rings. The first-order chi connectivity index (χ1) is 13.0. The number of hydrogen-bond donors (Lipinski definition) is 1. The Labute approximate surface area is 158 Å². The Morgan fingerprint density at radius 2 is 1.89 bits per heavy atom. The number of nitrogens with zero attached hydrogens (tertiary/aromatic N) is 4. The van der Waals surface area contributed by atoms with E-state index in [9.17, 15) is 9.18 Å². The number of benzene rings is 1. The molecule has 27 heavy (non-hydrogen) atoms. The Bertz CT molecular complexity index is 741. The van der Waals surface area contributed by atoms with Crippen molar-refractivity contribution in [1.82, 2.24) is 25.3 Å². The summed E-state index contributed by atoms with van der Waals surface area (Å²) in [5.41, 5.74) is 0.725. The second-order valence-corrected chi connectivity index (χ2v) is 6.95. The lowest BCUT2D eigenvalue weighted by atomic mass is 10.2. The number of hydrogen-bond acceptors (Lipinski definition) is 6. The molecule has 1 fully saturated rings. The fraction of sp³-hybridized carbons (Fsp3) is 0.526. The van der Waals surface area contributed by atoms with Crippen LogP contribution in [-0.4, -0.2) is 64.6 Å². The van der Waals surface area contributed by atoms with Crippen molar-refractivity contribution in [1.29, 1.82) is 0 Å². The third-order valence-electron chi connectivity index (χ3n) is 4.78. The van der Waals surface area contributed by atoms with Gasteiger partial charge in [0.25, 0.3) is 0 Å². The van der Waals surface area contributed by atoms with Gasteiger partial charge in [0, 0.05) is 37.8 Å². The van der Waals surface area contributed by atoms with Crippen LogP contribution >= 0.6 is 0 Å². The molecule has 146 valence electrons. The molecule has 0 radical (unpaired) electrons. The fourth-order valence-electron chi connectivity index (χ4n) is 2.96. The highest BCUT2D eigenvalue weighted by atomic mass is 19.1. The lowest BCUT2D eigenvalue weighted by molar-refractivity contribution is -0.123. The highest BCUT2D eigenvalue weighted by Gasteiger charge is 2.21. The number of aromatic nitrogens is 2. The first-order valence-electron chi connectivity index (χ1n) is 9.36. The van der Waals surface area contributed by atoms with Crippen LogP contribution in [0, 0.1) is 5.82 Å². The van der Waals surface area contributed by atoms with Crippen molar-refractivity contribution in [3.63, 3.8) is 0 Å². The van der Waals surface area contributed by atoms with Crippen molar-refractivity contribution >= 4 is 5.91 Å². The van der Waals surface area contributed by atoms with E-state index in [1.54, 1.807) is 12.1 Å². The highest BCUT2D eigenvalue weighted by molar-refractivity contribution is 5.78. The van der Waals surface area contributed by atoms with Crippen LogP contribution in [0.3, 0.4) is 0 Å². The van der Waals surface area contributed by atoms with E-state index in [0.717, 1.165) is 38.2 Å². The maximum atomic E-state index is 13.0. The largest absolute Gasteiger partial charge is 0.353 e. The lowest BCUT2D eigenvalue weighted by Crippen LogP contribution is -2.49. The summed E-state index contributed by atoms with van der Waals surface area (Å²) in [5.74, 6) is 0.791. The maximum absolute atomic E-state index is 13.0. The van der Waals surface area contributed by atoms with Crippen LogP contribution in [0.2, 0.25) is 0 Å². The molecule has 0 aliphatic carbocycles. The molecule has 1 amide bonds. The van der Waals surface area contributed by atoms with Gasteiger partial charge in [0.05, 0.1) is 13.1 Å². The number of carbonyl (C=O) groups is 1. The summed E-state index contributed by atoms with van der Waals surface area (Å²) in [6, 6.07) is 6.23. The molecule has 1 aromatic carbocycles. The van der Waals surface area contributed by atoms with E-state index in [4.69, 9.17) is 4.52 Å². The zero-order valence-electron chi connectivity index (χ0n) is 15.8. The minimum atomic E-state index is -0.293. The summed E-state index contributed by atoms with van der Waals surface area (Å²) >= 11 is 0. The number of nitrogens with one attached hydrogen (secondary N) is 1. The summed E-state index contributed by atoms with van der Waals surface area (Å²) in [6.07, 6.45) is 0.934. The van der Waals surface area contributed by atoms with Crippen LogP contribution in [0.25, 0.3) is 11.4 Å². The molecular weight excluding hydrogens is 349 g/mol. The van der Waals surface area contributed by atoms with Gasteiger partial charge in [-0.15, -0.1) is 0 Å². The van der Waals surface area contributed by atoms with Crippen LogP contribution in [0.4, 0.5) is 4.39 Å². The molecule has 8 heteroatoms. The number of carbonyl (C=O) groups excluding carboxylic acids is 1. The van der Waals surface area contributed by atoms with Gasteiger partial charge >= 0.3 is 0 Å². The molecular formula is C19H26FN5O2. The molecule has 1 aromatic heterocycles. The average Bonchev–Trinajstić information content (AvgIpc) is 3.12. The van der Waals surface area contributed by atoms with Crippen LogP contribution in [0.5, 0.6) is 0 Å². The molecule has 1 unspecified atom stereocenters. The van der Waals surface area contributed by atoms with E-state index in [-0.39, 0.29) is 17.8 Å². The van der Waals surface area contributed by atoms with E-state index in [0.29, 0.717) is 24.8 Å². The minimum absolute atomic E-state index is 0.0821. The highest BCUT2D eigenvalue weighted by Crippen LogP contribution is 2.17. The molecule has 1 saturated heterocycles. The second kappa shape index (κ2) is 9.05. The molecule has 1 aliphatic heterocycles. The van der Waals surface area contributed by atoms with Gasteiger partial charge in [-0.05, 0) is 37.6 Å². The Balaban J connectivity index is 1.45.